The Morgan fingerprint density at radius 3 is 1.44 bits per heavy atom. The average molecular weight is 553 g/mol. The second-order valence-corrected chi connectivity index (χ2v) is 11.0. The van der Waals surface area contributed by atoms with Gasteiger partial charge in [0.15, 0.2) is 5.78 Å². The van der Waals surface area contributed by atoms with Crippen LogP contribution in [0, 0.1) is 0 Å². The zero-order chi connectivity index (χ0) is 29.1. The topological polar surface area (TPSA) is 61.8 Å². The lowest BCUT2D eigenvalue weighted by molar-refractivity contribution is -0.131. The summed E-state index contributed by atoms with van der Waals surface area (Å²) in [6.45, 7) is 11.5. The lowest BCUT2D eigenvalue weighted by atomic mass is 9.77. The van der Waals surface area contributed by atoms with E-state index in [9.17, 15) is 9.59 Å². The molecule has 0 atom stereocenters. The molecule has 0 spiro atoms. The molecule has 0 N–H and O–H groups in total. The molecule has 4 rings (SSSR count). The standard InChI is InChI=1S/C35H36O5.CH4/c1-23(36)32-22-28(35(5,6)27-8-15-29(38-7)16-9-27)14-21-33(32)40-31-19-12-26(13-20-31)34(3,4)25-10-17-30(18-11-25)39-24(2)37;/h8-22H,1-7H3;1H4. The van der Waals surface area contributed by atoms with Crippen LogP contribution in [0.3, 0.4) is 0 Å². The predicted octanol–water partition coefficient (Wildman–Crippen LogP) is 8.90. The summed E-state index contributed by atoms with van der Waals surface area (Å²) in [7, 11) is 1.65. The lowest BCUT2D eigenvalue weighted by Gasteiger charge is -2.27. The molecule has 214 valence electrons. The van der Waals surface area contributed by atoms with Crippen molar-refractivity contribution in [3.05, 3.63) is 119 Å². The third kappa shape index (κ3) is 6.86. The minimum absolute atomic E-state index is 0. The van der Waals surface area contributed by atoms with E-state index in [0.29, 0.717) is 22.8 Å². The molecule has 0 fully saturated rings. The van der Waals surface area contributed by atoms with Crippen LogP contribution < -0.4 is 14.2 Å². The molecule has 0 aliphatic rings. The normalized spacial score (nSPS) is 11.3. The van der Waals surface area contributed by atoms with E-state index in [1.165, 1.54) is 6.92 Å². The minimum Gasteiger partial charge on any atom is -0.497 e. The van der Waals surface area contributed by atoms with E-state index in [4.69, 9.17) is 14.2 Å². The highest BCUT2D eigenvalue weighted by atomic mass is 16.5. The van der Waals surface area contributed by atoms with Crippen molar-refractivity contribution in [1.29, 1.82) is 0 Å². The van der Waals surface area contributed by atoms with Gasteiger partial charge < -0.3 is 14.2 Å². The number of hydrogen-bond donors (Lipinski definition) is 0. The summed E-state index contributed by atoms with van der Waals surface area (Å²) in [5, 5.41) is 0. The van der Waals surface area contributed by atoms with Gasteiger partial charge in [-0.15, -0.1) is 0 Å². The van der Waals surface area contributed by atoms with Gasteiger partial charge in [0.2, 0.25) is 0 Å². The Morgan fingerprint density at radius 1 is 0.585 bits per heavy atom. The van der Waals surface area contributed by atoms with Crippen molar-refractivity contribution in [2.75, 3.05) is 7.11 Å². The fourth-order valence-corrected chi connectivity index (χ4v) is 4.80. The monoisotopic (exact) mass is 552 g/mol. The quantitative estimate of drug-likeness (QED) is 0.118. The highest BCUT2D eigenvalue weighted by Gasteiger charge is 2.26. The summed E-state index contributed by atoms with van der Waals surface area (Å²) in [6.07, 6.45) is 0. The van der Waals surface area contributed by atoms with Crippen LogP contribution in [-0.4, -0.2) is 18.9 Å². The minimum atomic E-state index is -0.342. The van der Waals surface area contributed by atoms with Crippen molar-refractivity contribution in [2.24, 2.45) is 0 Å². The van der Waals surface area contributed by atoms with Gasteiger partial charge in [0.1, 0.15) is 23.0 Å². The van der Waals surface area contributed by atoms with Crippen molar-refractivity contribution in [3.63, 3.8) is 0 Å². The predicted molar refractivity (Wildman–Crippen MR) is 165 cm³/mol. The summed E-state index contributed by atoms with van der Waals surface area (Å²) >= 11 is 0. The number of rotatable bonds is 9. The Bertz CT molecular complexity index is 1500. The second-order valence-electron chi connectivity index (χ2n) is 11.0. The Balaban J connectivity index is 0.00000462. The van der Waals surface area contributed by atoms with Crippen molar-refractivity contribution in [3.8, 4) is 23.0 Å². The largest absolute Gasteiger partial charge is 0.497 e. The van der Waals surface area contributed by atoms with Crippen molar-refractivity contribution in [2.45, 2.75) is 59.8 Å². The van der Waals surface area contributed by atoms with Gasteiger partial charge in [0.25, 0.3) is 0 Å². The van der Waals surface area contributed by atoms with Crippen molar-refractivity contribution in [1.82, 2.24) is 0 Å². The van der Waals surface area contributed by atoms with E-state index < -0.39 is 0 Å². The molecule has 0 bridgehead atoms. The summed E-state index contributed by atoms with van der Waals surface area (Å²) < 4.78 is 16.7. The SMILES string of the molecule is C.COc1ccc(C(C)(C)c2ccc(Oc3ccc(C(C)(C)c4ccc(OC(C)=O)cc4)cc3)c(C(C)=O)c2)cc1. The van der Waals surface area contributed by atoms with Gasteiger partial charge >= 0.3 is 5.97 Å². The summed E-state index contributed by atoms with van der Waals surface area (Å²) in [5.41, 5.74) is 4.26. The first-order valence-corrected chi connectivity index (χ1v) is 13.3. The zero-order valence-electron chi connectivity index (χ0n) is 24.2. The van der Waals surface area contributed by atoms with Crippen LogP contribution in [0.15, 0.2) is 91.0 Å². The van der Waals surface area contributed by atoms with E-state index in [-0.39, 0.29) is 30.0 Å². The first-order chi connectivity index (χ1) is 18.9. The van der Waals surface area contributed by atoms with Crippen LogP contribution in [0.4, 0.5) is 0 Å². The molecule has 0 saturated heterocycles. The third-order valence-electron chi connectivity index (χ3n) is 7.53. The molecule has 0 saturated carbocycles. The number of esters is 1. The molecule has 0 unspecified atom stereocenters. The van der Waals surface area contributed by atoms with Crippen LogP contribution in [0.25, 0.3) is 0 Å². The van der Waals surface area contributed by atoms with Crippen LogP contribution in [0.5, 0.6) is 23.0 Å². The van der Waals surface area contributed by atoms with Crippen molar-refractivity contribution < 1.29 is 23.8 Å². The molecule has 0 heterocycles. The number of carbonyl (C=O) groups excluding carboxylic acids is 2. The van der Waals surface area contributed by atoms with Gasteiger partial charge in [0.05, 0.1) is 12.7 Å². The second kappa shape index (κ2) is 12.4. The molecule has 0 aliphatic heterocycles. The van der Waals surface area contributed by atoms with Gasteiger partial charge in [-0.05, 0) is 77.7 Å². The smallest absolute Gasteiger partial charge is 0.308 e. The first kappa shape index (κ1) is 31.2. The number of ether oxygens (including phenoxy) is 3. The molecule has 5 nitrogen and oxygen atoms in total. The van der Waals surface area contributed by atoms with Crippen LogP contribution in [0.1, 0.15) is 81.6 Å². The highest BCUT2D eigenvalue weighted by Crippen LogP contribution is 2.37. The van der Waals surface area contributed by atoms with Gasteiger partial charge in [-0.1, -0.05) is 77.6 Å². The maximum Gasteiger partial charge on any atom is 0.308 e. The zero-order valence-corrected chi connectivity index (χ0v) is 24.2. The molecular weight excluding hydrogens is 512 g/mol. The number of methoxy groups -OCH3 is 1. The molecule has 4 aromatic carbocycles. The molecule has 0 radical (unpaired) electrons. The Kier molecular flexibility index (Phi) is 9.44. The van der Waals surface area contributed by atoms with Gasteiger partial charge in [-0.25, -0.2) is 0 Å². The lowest BCUT2D eigenvalue weighted by Crippen LogP contribution is -2.19. The Labute approximate surface area is 244 Å². The Hall–Kier alpha value is -4.38. The number of benzene rings is 4. The summed E-state index contributed by atoms with van der Waals surface area (Å²) in [4.78, 5) is 23.9. The van der Waals surface area contributed by atoms with E-state index in [2.05, 4.69) is 27.7 Å². The third-order valence-corrected chi connectivity index (χ3v) is 7.53. The summed E-state index contributed by atoms with van der Waals surface area (Å²) in [6, 6.07) is 29.3. The number of carbonyl (C=O) groups is 2. The average Bonchev–Trinajstić information content (AvgIpc) is 2.93. The number of hydrogen-bond acceptors (Lipinski definition) is 5. The molecule has 0 amide bonds. The Morgan fingerprint density at radius 2 is 1.00 bits per heavy atom. The molecule has 0 aromatic heterocycles. The summed E-state index contributed by atoms with van der Waals surface area (Å²) in [5.74, 6) is 2.10. The van der Waals surface area contributed by atoms with E-state index >= 15 is 0 Å². The first-order valence-electron chi connectivity index (χ1n) is 13.3. The highest BCUT2D eigenvalue weighted by molar-refractivity contribution is 5.97. The molecule has 4 aromatic rings. The molecule has 0 aliphatic carbocycles. The van der Waals surface area contributed by atoms with E-state index in [1.54, 1.807) is 26.2 Å². The van der Waals surface area contributed by atoms with Gasteiger partial charge in [-0.2, -0.15) is 0 Å². The van der Waals surface area contributed by atoms with Crippen molar-refractivity contribution >= 4 is 11.8 Å². The molecule has 41 heavy (non-hydrogen) atoms. The molecule has 5 heteroatoms. The van der Waals surface area contributed by atoms with E-state index in [0.717, 1.165) is 28.0 Å². The fourth-order valence-electron chi connectivity index (χ4n) is 4.80. The number of ketones is 1. The number of Topliss-reactive ketones (excluding diaryl/α,β-unsaturated/α-hetero) is 1. The maximum absolute atomic E-state index is 12.7. The van der Waals surface area contributed by atoms with Crippen LogP contribution in [0.2, 0.25) is 0 Å². The van der Waals surface area contributed by atoms with Gasteiger partial charge in [0, 0.05) is 17.8 Å². The van der Waals surface area contributed by atoms with Crippen LogP contribution in [-0.2, 0) is 15.6 Å². The van der Waals surface area contributed by atoms with Crippen LogP contribution >= 0.6 is 0 Å². The molecular formula is C36H40O5. The van der Waals surface area contributed by atoms with E-state index in [1.807, 2.05) is 78.9 Å². The van der Waals surface area contributed by atoms with Gasteiger partial charge in [-0.3, -0.25) is 9.59 Å². The maximum atomic E-state index is 12.7. The fraction of sp³-hybridized carbons (Fsp3) is 0.278.